The van der Waals surface area contributed by atoms with Crippen LogP contribution in [0.3, 0.4) is 0 Å². The molecule has 2 heterocycles. The Balaban J connectivity index is 1.65. The third-order valence-electron chi connectivity index (χ3n) is 5.52. The Kier molecular flexibility index (Phi) is 4.31. The lowest BCUT2D eigenvalue weighted by Crippen LogP contribution is -2.53. The summed E-state index contributed by atoms with van der Waals surface area (Å²) in [5, 5.41) is 0. The monoisotopic (exact) mass is 333 g/mol. The van der Waals surface area contributed by atoms with Crippen LogP contribution in [-0.4, -0.2) is 30.7 Å². The molecule has 2 aromatic rings. The number of hydrogen-bond donors (Lipinski definition) is 0. The van der Waals surface area contributed by atoms with Crippen molar-refractivity contribution >= 4 is 6.09 Å². The number of fused-ring (bicyclic) bond motifs is 2. The minimum absolute atomic E-state index is 0.0820. The summed E-state index contributed by atoms with van der Waals surface area (Å²) in [5.41, 5.74) is 4.10. The van der Waals surface area contributed by atoms with E-state index in [4.69, 9.17) is 4.74 Å². The Labute approximate surface area is 148 Å². The lowest BCUT2D eigenvalue weighted by atomic mass is 9.69. The molecule has 0 aromatic heterocycles. The molecule has 0 saturated carbocycles. The standard InChI is InChI=1S/C22H23NO2/c1-25-22(24)23-15-19-13-20(17-10-6-3-7-11-17)21(23)14-18(19)12-16-8-4-2-5-9-16/h2-11,14,19-21H,12-13,15H2,1H3/t19-,20-,21+/m1/s1. The Bertz CT molecular complexity index is 769. The number of benzene rings is 2. The second-order valence-electron chi connectivity index (χ2n) is 6.97. The minimum atomic E-state index is -0.217. The Morgan fingerprint density at radius 2 is 1.76 bits per heavy atom. The van der Waals surface area contributed by atoms with Crippen molar-refractivity contribution in [3.63, 3.8) is 0 Å². The Hall–Kier alpha value is -2.55. The number of piperidine rings is 1. The van der Waals surface area contributed by atoms with Crippen LogP contribution in [0.1, 0.15) is 23.5 Å². The van der Waals surface area contributed by atoms with Gasteiger partial charge in [0.25, 0.3) is 0 Å². The first-order valence-corrected chi connectivity index (χ1v) is 8.90. The molecule has 2 aliphatic heterocycles. The van der Waals surface area contributed by atoms with E-state index < -0.39 is 0 Å². The van der Waals surface area contributed by atoms with Gasteiger partial charge in [0, 0.05) is 12.5 Å². The number of rotatable bonds is 3. The summed E-state index contributed by atoms with van der Waals surface area (Å²) in [6, 6.07) is 21.2. The molecule has 128 valence electrons. The molecule has 2 aromatic carbocycles. The van der Waals surface area contributed by atoms with Gasteiger partial charge in [-0.25, -0.2) is 4.79 Å². The van der Waals surface area contributed by atoms with Crippen LogP contribution < -0.4 is 0 Å². The van der Waals surface area contributed by atoms with E-state index in [0.29, 0.717) is 11.8 Å². The van der Waals surface area contributed by atoms with Gasteiger partial charge in [0.2, 0.25) is 0 Å². The highest BCUT2D eigenvalue weighted by Crippen LogP contribution is 2.44. The summed E-state index contributed by atoms with van der Waals surface area (Å²) in [4.78, 5) is 14.2. The van der Waals surface area contributed by atoms with E-state index in [1.807, 2.05) is 11.0 Å². The molecule has 3 aliphatic rings. The summed E-state index contributed by atoms with van der Waals surface area (Å²) in [6.45, 7) is 0.763. The van der Waals surface area contributed by atoms with Gasteiger partial charge < -0.3 is 9.64 Å². The molecule has 3 heteroatoms. The summed E-state index contributed by atoms with van der Waals surface area (Å²) in [6.07, 6.45) is 4.17. The van der Waals surface area contributed by atoms with E-state index in [1.165, 1.54) is 23.8 Å². The summed E-state index contributed by atoms with van der Waals surface area (Å²) in [7, 11) is 1.47. The maximum absolute atomic E-state index is 12.3. The van der Waals surface area contributed by atoms with Crippen LogP contribution in [0.15, 0.2) is 72.3 Å². The van der Waals surface area contributed by atoms with Crippen LogP contribution in [-0.2, 0) is 11.2 Å². The van der Waals surface area contributed by atoms with Crippen LogP contribution >= 0.6 is 0 Å². The van der Waals surface area contributed by atoms with Gasteiger partial charge >= 0.3 is 6.09 Å². The smallest absolute Gasteiger partial charge is 0.410 e. The van der Waals surface area contributed by atoms with Crippen LogP contribution in [0.25, 0.3) is 0 Å². The fourth-order valence-corrected chi connectivity index (χ4v) is 4.31. The van der Waals surface area contributed by atoms with E-state index in [1.54, 1.807) is 0 Å². The molecule has 0 spiro atoms. The number of carbonyl (C=O) groups is 1. The zero-order valence-electron chi connectivity index (χ0n) is 14.5. The molecule has 0 unspecified atom stereocenters. The molecule has 3 nitrogen and oxygen atoms in total. The van der Waals surface area contributed by atoms with Gasteiger partial charge in [-0.1, -0.05) is 72.3 Å². The lowest BCUT2D eigenvalue weighted by Gasteiger charge is -2.48. The molecule has 1 amide bonds. The number of amides is 1. The van der Waals surface area contributed by atoms with Gasteiger partial charge in [-0.2, -0.15) is 0 Å². The number of ether oxygens (including phenoxy) is 1. The highest BCUT2D eigenvalue weighted by molar-refractivity contribution is 5.69. The van der Waals surface area contributed by atoms with E-state index in [9.17, 15) is 4.79 Å². The fourth-order valence-electron chi connectivity index (χ4n) is 4.31. The summed E-state index contributed by atoms with van der Waals surface area (Å²) >= 11 is 0. The van der Waals surface area contributed by atoms with Crippen molar-refractivity contribution < 1.29 is 9.53 Å². The molecular weight excluding hydrogens is 310 g/mol. The Morgan fingerprint density at radius 1 is 1.08 bits per heavy atom. The molecule has 0 radical (unpaired) electrons. The molecule has 5 rings (SSSR count). The third kappa shape index (κ3) is 3.07. The van der Waals surface area contributed by atoms with Gasteiger partial charge in [0.05, 0.1) is 13.2 Å². The molecule has 1 saturated heterocycles. The fraction of sp³-hybridized carbons (Fsp3) is 0.318. The normalized spacial score (nSPS) is 24.8. The molecule has 3 atom stereocenters. The zero-order chi connectivity index (χ0) is 17.2. The van der Waals surface area contributed by atoms with Gasteiger partial charge in [0.15, 0.2) is 0 Å². The summed E-state index contributed by atoms with van der Waals surface area (Å²) < 4.78 is 5.04. The number of nitrogens with zero attached hydrogens (tertiary/aromatic N) is 1. The van der Waals surface area contributed by atoms with Crippen molar-refractivity contribution in [1.82, 2.24) is 4.90 Å². The highest BCUT2D eigenvalue weighted by atomic mass is 16.5. The highest BCUT2D eigenvalue weighted by Gasteiger charge is 2.43. The van der Waals surface area contributed by atoms with E-state index in [2.05, 4.69) is 60.7 Å². The van der Waals surface area contributed by atoms with E-state index in [0.717, 1.165) is 19.4 Å². The average molecular weight is 333 g/mol. The third-order valence-corrected chi connectivity index (χ3v) is 5.52. The molecule has 25 heavy (non-hydrogen) atoms. The Morgan fingerprint density at radius 3 is 2.40 bits per heavy atom. The zero-order valence-corrected chi connectivity index (χ0v) is 14.5. The van der Waals surface area contributed by atoms with Crippen molar-refractivity contribution in [3.05, 3.63) is 83.4 Å². The average Bonchev–Trinajstić information content (AvgIpc) is 2.69. The van der Waals surface area contributed by atoms with Gasteiger partial charge in [0.1, 0.15) is 0 Å². The van der Waals surface area contributed by atoms with E-state index >= 15 is 0 Å². The van der Waals surface area contributed by atoms with Crippen molar-refractivity contribution in [2.75, 3.05) is 13.7 Å². The predicted octanol–water partition coefficient (Wildman–Crippen LogP) is 4.41. The lowest BCUT2D eigenvalue weighted by molar-refractivity contribution is 0.0735. The molecular formula is C22H23NO2. The molecule has 1 fully saturated rings. The maximum Gasteiger partial charge on any atom is 0.410 e. The molecule has 2 bridgehead atoms. The van der Waals surface area contributed by atoms with Crippen LogP contribution in [0.5, 0.6) is 0 Å². The van der Waals surface area contributed by atoms with Gasteiger partial charge in [-0.15, -0.1) is 0 Å². The number of hydrogen-bond acceptors (Lipinski definition) is 2. The SMILES string of the molecule is COC(=O)N1C[C@H]2C[C@H](c3ccccc3)[C@@H]1C=C2Cc1ccccc1. The minimum Gasteiger partial charge on any atom is -0.453 e. The van der Waals surface area contributed by atoms with Crippen molar-refractivity contribution in [2.24, 2.45) is 5.92 Å². The second kappa shape index (κ2) is 6.75. The topological polar surface area (TPSA) is 29.5 Å². The number of methoxy groups -OCH3 is 1. The first-order valence-electron chi connectivity index (χ1n) is 8.90. The van der Waals surface area contributed by atoms with E-state index in [-0.39, 0.29) is 12.1 Å². The first kappa shape index (κ1) is 15.9. The largest absolute Gasteiger partial charge is 0.453 e. The number of carbonyl (C=O) groups excluding carboxylic acids is 1. The molecule has 0 N–H and O–H groups in total. The van der Waals surface area contributed by atoms with Gasteiger partial charge in [-0.3, -0.25) is 0 Å². The first-order chi connectivity index (χ1) is 12.3. The quantitative estimate of drug-likeness (QED) is 0.779. The molecule has 1 aliphatic carbocycles. The predicted molar refractivity (Wildman–Crippen MR) is 98.4 cm³/mol. The van der Waals surface area contributed by atoms with Crippen molar-refractivity contribution in [1.29, 1.82) is 0 Å². The maximum atomic E-state index is 12.3. The van der Waals surface area contributed by atoms with Crippen LogP contribution in [0.4, 0.5) is 4.79 Å². The van der Waals surface area contributed by atoms with Crippen LogP contribution in [0, 0.1) is 5.92 Å². The second-order valence-corrected chi connectivity index (χ2v) is 6.97. The summed E-state index contributed by atoms with van der Waals surface area (Å²) in [5.74, 6) is 0.744. The van der Waals surface area contributed by atoms with Crippen LogP contribution in [0.2, 0.25) is 0 Å². The van der Waals surface area contributed by atoms with Gasteiger partial charge in [-0.05, 0) is 29.9 Å². The van der Waals surface area contributed by atoms with Crippen molar-refractivity contribution in [2.45, 2.75) is 24.8 Å². The van der Waals surface area contributed by atoms with Crippen molar-refractivity contribution in [3.8, 4) is 0 Å².